The standard InChI is InChI=1S/C10H14N2O3/c1-12(8-4-11-5-9(8)13)10(14)7-2-3-15-6-7/h2-3,6,8-9,11,13H,4-5H2,1H3/t8-,9-/m1/s1. The summed E-state index contributed by atoms with van der Waals surface area (Å²) in [5.74, 6) is -0.128. The lowest BCUT2D eigenvalue weighted by Crippen LogP contribution is -2.44. The Hall–Kier alpha value is -1.33. The first-order chi connectivity index (χ1) is 7.20. The number of β-amino-alcohol motifs (C(OH)–C–C–N with tert-alkyl or cyclic N) is 1. The van der Waals surface area contributed by atoms with Gasteiger partial charge in [-0.3, -0.25) is 4.79 Å². The molecule has 0 aliphatic carbocycles. The average Bonchev–Trinajstić information content (AvgIpc) is 2.85. The largest absolute Gasteiger partial charge is 0.472 e. The number of nitrogens with one attached hydrogen (secondary N) is 1. The normalized spacial score (nSPS) is 25.5. The van der Waals surface area contributed by atoms with Crippen molar-refractivity contribution in [2.45, 2.75) is 12.1 Å². The van der Waals surface area contributed by atoms with Gasteiger partial charge in [-0.1, -0.05) is 0 Å². The molecule has 2 heterocycles. The summed E-state index contributed by atoms with van der Waals surface area (Å²) in [5, 5.41) is 12.7. The predicted octanol–water partition coefficient (Wildman–Crippen LogP) is -0.316. The van der Waals surface area contributed by atoms with E-state index in [1.165, 1.54) is 12.5 Å². The Bertz CT molecular complexity index is 336. The quantitative estimate of drug-likeness (QED) is 0.702. The molecule has 82 valence electrons. The summed E-state index contributed by atoms with van der Waals surface area (Å²) >= 11 is 0. The van der Waals surface area contributed by atoms with Gasteiger partial charge in [0.2, 0.25) is 0 Å². The molecule has 1 aliphatic rings. The van der Waals surface area contributed by atoms with Gasteiger partial charge in [0.1, 0.15) is 6.26 Å². The van der Waals surface area contributed by atoms with E-state index in [0.717, 1.165) is 0 Å². The van der Waals surface area contributed by atoms with Crippen molar-refractivity contribution in [3.63, 3.8) is 0 Å². The molecule has 2 atom stereocenters. The highest BCUT2D eigenvalue weighted by Gasteiger charge is 2.31. The Kier molecular flexibility index (Phi) is 2.75. The van der Waals surface area contributed by atoms with Gasteiger partial charge >= 0.3 is 0 Å². The lowest BCUT2D eigenvalue weighted by atomic mass is 10.1. The van der Waals surface area contributed by atoms with Crippen LogP contribution in [0.15, 0.2) is 23.0 Å². The van der Waals surface area contributed by atoms with Crippen molar-refractivity contribution < 1.29 is 14.3 Å². The SMILES string of the molecule is CN(C(=O)c1ccoc1)[C@@H]1CNC[C@H]1O. The highest BCUT2D eigenvalue weighted by atomic mass is 16.3. The molecule has 15 heavy (non-hydrogen) atoms. The fourth-order valence-electron chi connectivity index (χ4n) is 1.79. The number of hydrogen-bond donors (Lipinski definition) is 2. The third kappa shape index (κ3) is 1.88. The summed E-state index contributed by atoms with van der Waals surface area (Å²) in [6, 6.07) is 1.46. The Morgan fingerprint density at radius 2 is 2.47 bits per heavy atom. The Morgan fingerprint density at radius 1 is 1.67 bits per heavy atom. The van der Waals surface area contributed by atoms with E-state index in [0.29, 0.717) is 18.7 Å². The fourth-order valence-corrected chi connectivity index (χ4v) is 1.79. The Labute approximate surface area is 87.7 Å². The van der Waals surface area contributed by atoms with E-state index in [1.807, 2.05) is 0 Å². The van der Waals surface area contributed by atoms with Crippen molar-refractivity contribution >= 4 is 5.91 Å². The summed E-state index contributed by atoms with van der Waals surface area (Å²) in [7, 11) is 1.69. The van der Waals surface area contributed by atoms with Crippen molar-refractivity contribution in [1.29, 1.82) is 0 Å². The number of nitrogens with zero attached hydrogens (tertiary/aromatic N) is 1. The molecule has 2 N–H and O–H groups in total. The van der Waals surface area contributed by atoms with Gasteiger partial charge in [-0.15, -0.1) is 0 Å². The Morgan fingerprint density at radius 3 is 3.00 bits per heavy atom. The number of carbonyl (C=O) groups excluding carboxylic acids is 1. The molecular formula is C10H14N2O3. The number of aliphatic hydroxyl groups excluding tert-OH is 1. The smallest absolute Gasteiger partial charge is 0.257 e. The minimum atomic E-state index is -0.495. The van der Waals surface area contributed by atoms with Gasteiger partial charge in [0.15, 0.2) is 0 Å². The first-order valence-electron chi connectivity index (χ1n) is 4.88. The molecule has 0 unspecified atom stereocenters. The highest BCUT2D eigenvalue weighted by Crippen LogP contribution is 2.12. The summed E-state index contributed by atoms with van der Waals surface area (Å²) < 4.78 is 4.85. The summed E-state index contributed by atoms with van der Waals surface area (Å²) in [6.07, 6.45) is 2.38. The van der Waals surface area contributed by atoms with Gasteiger partial charge in [-0.2, -0.15) is 0 Å². The van der Waals surface area contributed by atoms with Crippen LogP contribution in [0.2, 0.25) is 0 Å². The van der Waals surface area contributed by atoms with Gasteiger partial charge in [0.05, 0.1) is 24.0 Å². The maximum absolute atomic E-state index is 11.9. The summed E-state index contributed by atoms with van der Waals surface area (Å²) in [6.45, 7) is 1.16. The first-order valence-corrected chi connectivity index (χ1v) is 4.88. The van der Waals surface area contributed by atoms with Crippen molar-refractivity contribution in [1.82, 2.24) is 10.2 Å². The number of amides is 1. The highest BCUT2D eigenvalue weighted by molar-refractivity contribution is 5.93. The zero-order valence-corrected chi connectivity index (χ0v) is 8.51. The van der Waals surface area contributed by atoms with Crippen LogP contribution in [0.1, 0.15) is 10.4 Å². The number of furan rings is 1. The van der Waals surface area contributed by atoms with Crippen LogP contribution in [0.25, 0.3) is 0 Å². The van der Waals surface area contributed by atoms with Crippen LogP contribution in [0.5, 0.6) is 0 Å². The van der Waals surface area contributed by atoms with Gasteiger partial charge in [-0.05, 0) is 6.07 Å². The molecule has 0 bridgehead atoms. The molecule has 0 saturated carbocycles. The molecule has 5 heteroatoms. The van der Waals surface area contributed by atoms with Crippen LogP contribution >= 0.6 is 0 Å². The molecule has 1 fully saturated rings. The molecule has 5 nitrogen and oxygen atoms in total. The second-order valence-electron chi connectivity index (χ2n) is 3.72. The monoisotopic (exact) mass is 210 g/mol. The maximum atomic E-state index is 11.9. The Balaban J connectivity index is 2.07. The molecule has 1 aromatic heterocycles. The molecular weight excluding hydrogens is 196 g/mol. The van der Waals surface area contributed by atoms with E-state index in [2.05, 4.69) is 5.32 Å². The van der Waals surface area contributed by atoms with E-state index >= 15 is 0 Å². The number of carbonyl (C=O) groups is 1. The molecule has 1 saturated heterocycles. The molecule has 2 rings (SSSR count). The number of aliphatic hydroxyl groups is 1. The van der Waals surface area contributed by atoms with E-state index < -0.39 is 6.10 Å². The fraction of sp³-hybridized carbons (Fsp3) is 0.500. The van der Waals surface area contributed by atoms with E-state index in [-0.39, 0.29) is 11.9 Å². The molecule has 0 aromatic carbocycles. The number of hydrogen-bond acceptors (Lipinski definition) is 4. The average molecular weight is 210 g/mol. The second-order valence-corrected chi connectivity index (χ2v) is 3.72. The van der Waals surface area contributed by atoms with Crippen molar-refractivity contribution in [3.8, 4) is 0 Å². The molecule has 0 radical (unpaired) electrons. The van der Waals surface area contributed by atoms with Gasteiger partial charge < -0.3 is 19.7 Å². The lowest BCUT2D eigenvalue weighted by molar-refractivity contribution is 0.0580. The first kappa shape index (κ1) is 10.2. The minimum Gasteiger partial charge on any atom is -0.472 e. The third-order valence-corrected chi connectivity index (χ3v) is 2.74. The zero-order valence-electron chi connectivity index (χ0n) is 8.51. The minimum absolute atomic E-state index is 0.128. The molecule has 1 amide bonds. The maximum Gasteiger partial charge on any atom is 0.257 e. The van der Waals surface area contributed by atoms with Crippen molar-refractivity contribution in [3.05, 3.63) is 24.2 Å². The third-order valence-electron chi connectivity index (χ3n) is 2.74. The molecule has 1 aliphatic heterocycles. The van der Waals surface area contributed by atoms with E-state index in [1.54, 1.807) is 18.0 Å². The van der Waals surface area contributed by atoms with Crippen LogP contribution in [0.4, 0.5) is 0 Å². The topological polar surface area (TPSA) is 65.7 Å². The van der Waals surface area contributed by atoms with Crippen LogP contribution < -0.4 is 5.32 Å². The van der Waals surface area contributed by atoms with Crippen LogP contribution in [-0.2, 0) is 0 Å². The summed E-state index contributed by atoms with van der Waals surface area (Å²) in [4.78, 5) is 13.4. The van der Waals surface area contributed by atoms with E-state index in [9.17, 15) is 9.90 Å². The van der Waals surface area contributed by atoms with Crippen molar-refractivity contribution in [2.24, 2.45) is 0 Å². The van der Waals surface area contributed by atoms with Crippen LogP contribution in [0.3, 0.4) is 0 Å². The lowest BCUT2D eigenvalue weighted by Gasteiger charge is -2.25. The predicted molar refractivity (Wildman–Crippen MR) is 53.5 cm³/mol. The second kappa shape index (κ2) is 4.04. The number of likely N-dealkylation sites (N-methyl/N-ethyl adjacent to an activating group) is 1. The van der Waals surface area contributed by atoms with Gasteiger partial charge in [0.25, 0.3) is 5.91 Å². The van der Waals surface area contributed by atoms with Crippen LogP contribution in [0, 0.1) is 0 Å². The van der Waals surface area contributed by atoms with Crippen LogP contribution in [-0.4, -0.2) is 48.2 Å². The number of rotatable bonds is 2. The zero-order chi connectivity index (χ0) is 10.8. The summed E-state index contributed by atoms with van der Waals surface area (Å²) in [5.41, 5.74) is 0.511. The van der Waals surface area contributed by atoms with E-state index in [4.69, 9.17) is 4.42 Å². The van der Waals surface area contributed by atoms with Gasteiger partial charge in [-0.25, -0.2) is 0 Å². The molecule has 1 aromatic rings. The van der Waals surface area contributed by atoms with Crippen molar-refractivity contribution in [2.75, 3.05) is 20.1 Å². The molecule has 0 spiro atoms. The van der Waals surface area contributed by atoms with Gasteiger partial charge in [0, 0.05) is 20.1 Å².